The number of carbonyl (C=O) groups is 2. The van der Waals surface area contributed by atoms with E-state index in [0.717, 1.165) is 33.1 Å². The van der Waals surface area contributed by atoms with E-state index in [0.29, 0.717) is 5.02 Å². The number of hydrogen-bond donors (Lipinski definition) is 1. The zero-order valence-electron chi connectivity index (χ0n) is 15.9. The first kappa shape index (κ1) is 21.3. The van der Waals surface area contributed by atoms with Crippen molar-refractivity contribution in [3.8, 4) is 0 Å². The van der Waals surface area contributed by atoms with Crippen molar-refractivity contribution < 1.29 is 9.59 Å². The highest BCUT2D eigenvalue weighted by molar-refractivity contribution is 8.14. The maximum atomic E-state index is 12.8. The lowest BCUT2D eigenvalue weighted by atomic mass is 10.1. The molecule has 3 aromatic rings. The molecule has 1 aromatic heterocycles. The van der Waals surface area contributed by atoms with Gasteiger partial charge in [0, 0.05) is 28.6 Å². The molecule has 0 radical (unpaired) electrons. The van der Waals surface area contributed by atoms with Crippen molar-refractivity contribution in [1.29, 1.82) is 0 Å². The van der Waals surface area contributed by atoms with E-state index in [4.69, 9.17) is 28.9 Å². The van der Waals surface area contributed by atoms with E-state index >= 15 is 0 Å². The lowest BCUT2D eigenvalue weighted by Crippen LogP contribution is -2.32. The number of anilines is 1. The molecule has 1 fully saturated rings. The fourth-order valence-electron chi connectivity index (χ4n) is 3.15. The van der Waals surface area contributed by atoms with Crippen LogP contribution in [-0.4, -0.2) is 33.4 Å². The first-order chi connectivity index (χ1) is 14.9. The molecule has 0 aliphatic carbocycles. The monoisotopic (exact) mass is 471 g/mol. The van der Waals surface area contributed by atoms with Gasteiger partial charge in [0.25, 0.3) is 0 Å². The van der Waals surface area contributed by atoms with Gasteiger partial charge in [-0.15, -0.1) is 5.10 Å². The Morgan fingerprint density at radius 3 is 2.84 bits per heavy atom. The third-order valence-corrected chi connectivity index (χ3v) is 6.08. The Labute approximate surface area is 191 Å². The van der Waals surface area contributed by atoms with Gasteiger partial charge in [0.2, 0.25) is 11.8 Å². The number of para-hydroxylation sites is 1. The number of nitrogens with two attached hydrogens (primary N) is 1. The fraction of sp³-hybridized carbons (Fsp3) is 0.0952. The molecule has 2 aromatic carbocycles. The lowest BCUT2D eigenvalue weighted by molar-refractivity contribution is -0.121. The number of carbonyl (C=O) groups excluding carboxylic acids is 2. The Morgan fingerprint density at radius 2 is 2.00 bits per heavy atom. The molecule has 2 amide bonds. The predicted octanol–water partition coefficient (Wildman–Crippen LogP) is 4.26. The molecule has 31 heavy (non-hydrogen) atoms. The van der Waals surface area contributed by atoms with Crippen LogP contribution in [0.15, 0.2) is 64.9 Å². The maximum absolute atomic E-state index is 12.8. The van der Waals surface area contributed by atoms with Crippen molar-refractivity contribution in [2.45, 2.75) is 11.7 Å². The zero-order valence-corrected chi connectivity index (χ0v) is 18.2. The summed E-state index contributed by atoms with van der Waals surface area (Å²) in [6.45, 7) is 0. The van der Waals surface area contributed by atoms with Crippen LogP contribution < -0.4 is 10.6 Å². The number of halogens is 2. The number of aromatic nitrogens is 1. The summed E-state index contributed by atoms with van der Waals surface area (Å²) in [7, 11) is 0. The highest BCUT2D eigenvalue weighted by Crippen LogP contribution is 2.35. The summed E-state index contributed by atoms with van der Waals surface area (Å²) in [5.41, 5.74) is 7.86. The SMILES string of the molecule is NC(=NN=Cc1ccnc2ccccc12)SC1CC(=O)N(c2cc(Cl)ccc2Cl)C1=O. The average molecular weight is 472 g/mol. The minimum Gasteiger partial charge on any atom is -0.377 e. The van der Waals surface area contributed by atoms with Crippen LogP contribution in [0.1, 0.15) is 12.0 Å². The second kappa shape index (κ2) is 9.05. The third-order valence-electron chi connectivity index (χ3n) is 4.55. The Hall–Kier alpha value is -2.94. The quantitative estimate of drug-likeness (QED) is 0.265. The summed E-state index contributed by atoms with van der Waals surface area (Å²) in [5, 5.41) is 8.89. The Balaban J connectivity index is 1.48. The van der Waals surface area contributed by atoms with Crippen molar-refractivity contribution in [1.82, 2.24) is 4.98 Å². The largest absolute Gasteiger partial charge is 0.377 e. The maximum Gasteiger partial charge on any atom is 0.247 e. The van der Waals surface area contributed by atoms with Crippen LogP contribution in [0.4, 0.5) is 5.69 Å². The molecule has 2 N–H and O–H groups in total. The normalized spacial score (nSPS) is 17.3. The molecule has 0 spiro atoms. The molecular weight excluding hydrogens is 457 g/mol. The van der Waals surface area contributed by atoms with Gasteiger partial charge in [0.05, 0.1) is 22.4 Å². The van der Waals surface area contributed by atoms with Gasteiger partial charge >= 0.3 is 0 Å². The van der Waals surface area contributed by atoms with Crippen LogP contribution >= 0.6 is 35.0 Å². The van der Waals surface area contributed by atoms with Crippen molar-refractivity contribution >= 4 is 74.8 Å². The summed E-state index contributed by atoms with van der Waals surface area (Å²) in [5.74, 6) is -0.812. The van der Waals surface area contributed by atoms with Gasteiger partial charge in [-0.25, -0.2) is 4.90 Å². The van der Waals surface area contributed by atoms with E-state index in [2.05, 4.69) is 15.2 Å². The number of fused-ring (bicyclic) bond motifs is 1. The average Bonchev–Trinajstić information content (AvgIpc) is 3.03. The van der Waals surface area contributed by atoms with E-state index in [-0.39, 0.29) is 28.2 Å². The molecule has 2 heterocycles. The van der Waals surface area contributed by atoms with Gasteiger partial charge in [-0.2, -0.15) is 5.10 Å². The first-order valence-corrected chi connectivity index (χ1v) is 10.8. The Kier molecular flexibility index (Phi) is 6.22. The lowest BCUT2D eigenvalue weighted by Gasteiger charge is -2.16. The van der Waals surface area contributed by atoms with Crippen LogP contribution in [0.25, 0.3) is 10.9 Å². The van der Waals surface area contributed by atoms with E-state index in [1.807, 2.05) is 30.3 Å². The molecule has 7 nitrogen and oxygen atoms in total. The van der Waals surface area contributed by atoms with Crippen LogP contribution in [0.3, 0.4) is 0 Å². The zero-order chi connectivity index (χ0) is 22.0. The molecule has 1 aliphatic heterocycles. The van der Waals surface area contributed by atoms with Crippen molar-refractivity contribution in [2.24, 2.45) is 15.9 Å². The van der Waals surface area contributed by atoms with Gasteiger partial charge < -0.3 is 5.73 Å². The first-order valence-electron chi connectivity index (χ1n) is 9.13. The number of benzene rings is 2. The summed E-state index contributed by atoms with van der Waals surface area (Å²) < 4.78 is 0. The van der Waals surface area contributed by atoms with Crippen molar-refractivity contribution in [2.75, 3.05) is 4.90 Å². The van der Waals surface area contributed by atoms with Gasteiger partial charge in [-0.3, -0.25) is 14.6 Å². The van der Waals surface area contributed by atoms with E-state index < -0.39 is 11.2 Å². The minimum absolute atomic E-state index is 0.0265. The second-order valence-corrected chi connectivity index (χ2v) is 8.64. The van der Waals surface area contributed by atoms with Crippen LogP contribution in [0, 0.1) is 0 Å². The summed E-state index contributed by atoms with van der Waals surface area (Å²) >= 11 is 13.1. The van der Waals surface area contributed by atoms with Gasteiger partial charge in [0.1, 0.15) is 5.25 Å². The van der Waals surface area contributed by atoms with Gasteiger partial charge in [-0.1, -0.05) is 53.2 Å². The summed E-state index contributed by atoms with van der Waals surface area (Å²) in [6, 6.07) is 14.1. The highest BCUT2D eigenvalue weighted by atomic mass is 35.5. The van der Waals surface area contributed by atoms with Gasteiger partial charge in [-0.05, 0) is 30.3 Å². The van der Waals surface area contributed by atoms with Gasteiger partial charge in [0.15, 0.2) is 5.17 Å². The van der Waals surface area contributed by atoms with Crippen LogP contribution in [0.2, 0.25) is 10.0 Å². The molecule has 1 unspecified atom stereocenters. The van der Waals surface area contributed by atoms with Crippen LogP contribution in [-0.2, 0) is 9.59 Å². The number of nitrogens with zero attached hydrogens (tertiary/aromatic N) is 4. The molecule has 0 saturated carbocycles. The molecule has 1 atom stereocenters. The number of thioether (sulfide) groups is 1. The summed E-state index contributed by atoms with van der Waals surface area (Å²) in [4.78, 5) is 30.5. The number of pyridine rings is 1. The number of hydrogen-bond acceptors (Lipinski definition) is 6. The van der Waals surface area contributed by atoms with E-state index in [9.17, 15) is 9.59 Å². The fourth-order valence-corrected chi connectivity index (χ4v) is 4.34. The Morgan fingerprint density at radius 1 is 1.19 bits per heavy atom. The number of imide groups is 1. The number of amides is 2. The minimum atomic E-state index is -0.719. The van der Waals surface area contributed by atoms with Crippen molar-refractivity contribution in [3.63, 3.8) is 0 Å². The third kappa shape index (κ3) is 4.56. The smallest absolute Gasteiger partial charge is 0.247 e. The van der Waals surface area contributed by atoms with Crippen LogP contribution in [0.5, 0.6) is 0 Å². The molecular formula is C21H15Cl2N5O2S. The highest BCUT2D eigenvalue weighted by Gasteiger charge is 2.41. The molecule has 1 aliphatic rings. The molecule has 0 bridgehead atoms. The van der Waals surface area contributed by atoms with E-state index in [1.165, 1.54) is 12.1 Å². The number of rotatable bonds is 4. The second-order valence-electron chi connectivity index (χ2n) is 6.57. The van der Waals surface area contributed by atoms with E-state index in [1.54, 1.807) is 18.5 Å². The molecule has 10 heteroatoms. The topological polar surface area (TPSA) is 101 Å². The Bertz CT molecular complexity index is 1240. The molecule has 156 valence electrons. The predicted molar refractivity (Wildman–Crippen MR) is 126 cm³/mol. The standard InChI is InChI=1S/C21H15Cl2N5O2S/c22-13-5-6-15(23)17(9-13)28-19(29)10-18(20(28)30)31-21(24)27-26-11-12-7-8-25-16-4-2-1-3-14(12)16/h1-9,11,18H,10H2,(H2,24,27). The number of amidine groups is 1. The molecule has 4 rings (SSSR count). The summed E-state index contributed by atoms with van der Waals surface area (Å²) in [6.07, 6.45) is 3.22. The molecule has 1 saturated heterocycles. The van der Waals surface area contributed by atoms with Crippen molar-refractivity contribution in [3.05, 3.63) is 70.3 Å².